The van der Waals surface area contributed by atoms with Gasteiger partial charge in [0.05, 0.1) is 7.11 Å². The van der Waals surface area contributed by atoms with E-state index in [0.29, 0.717) is 11.2 Å². The van der Waals surface area contributed by atoms with Gasteiger partial charge in [0.15, 0.2) is 0 Å². The van der Waals surface area contributed by atoms with Crippen LogP contribution in [0.4, 0.5) is 0 Å². The standard InChI is InChI=1S/C12H23NO3S/c1-9(7-14)8-17-10-4-5-12(6-10,13-2)11(15)16-3/h9-10,13-14H,4-8H2,1-3H3. The van der Waals surface area contributed by atoms with Gasteiger partial charge in [-0.25, -0.2) is 0 Å². The molecule has 0 aromatic heterocycles. The van der Waals surface area contributed by atoms with E-state index in [-0.39, 0.29) is 12.6 Å². The van der Waals surface area contributed by atoms with Gasteiger partial charge in [0.1, 0.15) is 5.54 Å². The van der Waals surface area contributed by atoms with Gasteiger partial charge in [0, 0.05) is 11.9 Å². The lowest BCUT2D eigenvalue weighted by atomic mass is 9.98. The summed E-state index contributed by atoms with van der Waals surface area (Å²) in [6, 6.07) is 0. The van der Waals surface area contributed by atoms with E-state index in [1.54, 1.807) is 0 Å². The number of aliphatic hydroxyl groups is 1. The normalized spacial score (nSPS) is 30.2. The number of rotatable bonds is 6. The zero-order valence-electron chi connectivity index (χ0n) is 10.9. The van der Waals surface area contributed by atoms with Gasteiger partial charge in [-0.2, -0.15) is 11.8 Å². The van der Waals surface area contributed by atoms with Crippen molar-refractivity contribution in [2.75, 3.05) is 26.5 Å². The number of aliphatic hydroxyl groups excluding tert-OH is 1. The maximum atomic E-state index is 11.8. The molecular weight excluding hydrogens is 238 g/mol. The zero-order chi connectivity index (χ0) is 12.9. The van der Waals surface area contributed by atoms with Crippen LogP contribution in [0.2, 0.25) is 0 Å². The molecule has 1 aliphatic carbocycles. The number of thioether (sulfide) groups is 1. The fourth-order valence-electron chi connectivity index (χ4n) is 2.21. The lowest BCUT2D eigenvalue weighted by Crippen LogP contribution is -2.49. The summed E-state index contributed by atoms with van der Waals surface area (Å²) in [5.74, 6) is 1.11. The Kier molecular flexibility index (Phi) is 5.76. The van der Waals surface area contributed by atoms with E-state index < -0.39 is 5.54 Å². The fourth-order valence-corrected chi connectivity index (χ4v) is 3.60. The predicted molar refractivity (Wildman–Crippen MR) is 70.2 cm³/mol. The summed E-state index contributed by atoms with van der Waals surface area (Å²) >= 11 is 1.85. The molecule has 1 fully saturated rings. The first-order valence-electron chi connectivity index (χ1n) is 6.07. The van der Waals surface area contributed by atoms with Crippen LogP contribution in [0.1, 0.15) is 26.2 Å². The summed E-state index contributed by atoms with van der Waals surface area (Å²) in [6.07, 6.45) is 2.68. The molecule has 3 atom stereocenters. The van der Waals surface area contributed by atoms with E-state index in [9.17, 15) is 4.79 Å². The quantitative estimate of drug-likeness (QED) is 0.699. The number of carbonyl (C=O) groups is 1. The van der Waals surface area contributed by atoms with E-state index in [2.05, 4.69) is 5.32 Å². The summed E-state index contributed by atoms with van der Waals surface area (Å²) in [4.78, 5) is 11.8. The van der Waals surface area contributed by atoms with Gasteiger partial charge in [-0.05, 0) is 38.0 Å². The Balaban J connectivity index is 2.47. The Labute approximate surface area is 107 Å². The maximum absolute atomic E-state index is 11.8. The highest BCUT2D eigenvalue weighted by molar-refractivity contribution is 7.99. The number of hydrogen-bond donors (Lipinski definition) is 2. The Bertz CT molecular complexity index is 262. The fraction of sp³-hybridized carbons (Fsp3) is 0.917. The van der Waals surface area contributed by atoms with Crippen molar-refractivity contribution in [2.24, 2.45) is 5.92 Å². The number of nitrogens with one attached hydrogen (secondary N) is 1. The lowest BCUT2D eigenvalue weighted by Gasteiger charge is -2.25. The third-order valence-corrected chi connectivity index (χ3v) is 5.09. The molecule has 4 nitrogen and oxygen atoms in total. The number of carbonyl (C=O) groups excluding carboxylic acids is 1. The molecule has 100 valence electrons. The van der Waals surface area contributed by atoms with Gasteiger partial charge in [-0.3, -0.25) is 4.79 Å². The molecule has 0 bridgehead atoms. The van der Waals surface area contributed by atoms with E-state index in [1.165, 1.54) is 7.11 Å². The number of likely N-dealkylation sites (N-methyl/N-ethyl adjacent to an activating group) is 1. The van der Waals surface area contributed by atoms with Crippen molar-refractivity contribution >= 4 is 17.7 Å². The molecule has 2 N–H and O–H groups in total. The third-order valence-electron chi connectivity index (χ3n) is 3.45. The van der Waals surface area contributed by atoms with Crippen molar-refractivity contribution in [1.82, 2.24) is 5.32 Å². The summed E-state index contributed by atoms with van der Waals surface area (Å²) in [6.45, 7) is 2.27. The van der Waals surface area contributed by atoms with Gasteiger partial charge in [-0.1, -0.05) is 6.92 Å². The molecule has 17 heavy (non-hydrogen) atoms. The highest BCUT2D eigenvalue weighted by Crippen LogP contribution is 2.38. The van der Waals surface area contributed by atoms with Gasteiger partial charge in [-0.15, -0.1) is 0 Å². The summed E-state index contributed by atoms with van der Waals surface area (Å²) in [5, 5.41) is 12.6. The smallest absolute Gasteiger partial charge is 0.326 e. The monoisotopic (exact) mass is 261 g/mol. The molecule has 1 aliphatic rings. The van der Waals surface area contributed by atoms with Crippen molar-refractivity contribution in [3.8, 4) is 0 Å². The Morgan fingerprint density at radius 1 is 1.71 bits per heavy atom. The van der Waals surface area contributed by atoms with E-state index >= 15 is 0 Å². The highest BCUT2D eigenvalue weighted by atomic mass is 32.2. The van der Waals surface area contributed by atoms with Crippen LogP contribution in [-0.2, 0) is 9.53 Å². The number of ether oxygens (including phenoxy) is 1. The van der Waals surface area contributed by atoms with Gasteiger partial charge in [0.25, 0.3) is 0 Å². The Hall–Kier alpha value is -0.260. The van der Waals surface area contributed by atoms with Crippen LogP contribution >= 0.6 is 11.8 Å². The average molecular weight is 261 g/mol. The van der Waals surface area contributed by atoms with Gasteiger partial charge in [0.2, 0.25) is 0 Å². The molecule has 0 heterocycles. The predicted octanol–water partition coefficient (Wildman–Crippen LogP) is 1.03. The van der Waals surface area contributed by atoms with Crippen LogP contribution in [0.5, 0.6) is 0 Å². The molecule has 3 unspecified atom stereocenters. The molecule has 0 spiro atoms. The minimum absolute atomic E-state index is 0.154. The molecule has 0 aliphatic heterocycles. The van der Waals surface area contributed by atoms with Crippen LogP contribution in [0.25, 0.3) is 0 Å². The van der Waals surface area contributed by atoms with Crippen molar-refractivity contribution < 1.29 is 14.6 Å². The first-order chi connectivity index (χ1) is 8.07. The zero-order valence-corrected chi connectivity index (χ0v) is 11.7. The molecule has 1 saturated carbocycles. The summed E-state index contributed by atoms with van der Waals surface area (Å²) < 4.78 is 4.87. The van der Waals surface area contributed by atoms with Crippen LogP contribution in [0, 0.1) is 5.92 Å². The SMILES string of the molecule is CNC1(C(=O)OC)CCC(SCC(C)CO)C1. The number of hydrogen-bond acceptors (Lipinski definition) is 5. The summed E-state index contributed by atoms with van der Waals surface area (Å²) in [5.41, 5.74) is -0.491. The molecule has 0 saturated heterocycles. The average Bonchev–Trinajstić information content (AvgIpc) is 2.79. The number of esters is 1. The molecule has 0 aromatic carbocycles. The molecule has 5 heteroatoms. The summed E-state index contributed by atoms with van der Waals surface area (Å²) in [7, 11) is 3.26. The Morgan fingerprint density at radius 2 is 2.41 bits per heavy atom. The van der Waals surface area contributed by atoms with Gasteiger partial charge >= 0.3 is 5.97 Å². The molecule has 0 radical (unpaired) electrons. The largest absolute Gasteiger partial charge is 0.468 e. The van der Waals surface area contributed by atoms with Crippen LogP contribution < -0.4 is 5.32 Å². The second-order valence-corrected chi connectivity index (χ2v) is 6.14. The van der Waals surface area contributed by atoms with Crippen molar-refractivity contribution in [2.45, 2.75) is 37.0 Å². The first kappa shape index (κ1) is 14.8. The second kappa shape index (κ2) is 6.61. The minimum Gasteiger partial charge on any atom is -0.468 e. The van der Waals surface area contributed by atoms with Crippen molar-refractivity contribution in [3.05, 3.63) is 0 Å². The Morgan fingerprint density at radius 3 is 2.94 bits per heavy atom. The van der Waals surface area contributed by atoms with E-state index in [0.717, 1.165) is 25.0 Å². The minimum atomic E-state index is -0.491. The first-order valence-corrected chi connectivity index (χ1v) is 7.12. The van der Waals surface area contributed by atoms with Gasteiger partial charge < -0.3 is 15.2 Å². The topological polar surface area (TPSA) is 58.6 Å². The maximum Gasteiger partial charge on any atom is 0.326 e. The third kappa shape index (κ3) is 3.60. The number of methoxy groups -OCH3 is 1. The second-order valence-electron chi connectivity index (χ2n) is 4.81. The van der Waals surface area contributed by atoms with E-state index in [1.807, 2.05) is 25.7 Å². The molecule has 1 rings (SSSR count). The lowest BCUT2D eigenvalue weighted by molar-refractivity contribution is -0.148. The van der Waals surface area contributed by atoms with Crippen LogP contribution in [0.3, 0.4) is 0 Å². The van der Waals surface area contributed by atoms with Crippen LogP contribution in [0.15, 0.2) is 0 Å². The molecule has 0 amide bonds. The van der Waals surface area contributed by atoms with E-state index in [4.69, 9.17) is 9.84 Å². The molecule has 0 aromatic rings. The highest BCUT2D eigenvalue weighted by Gasteiger charge is 2.45. The van der Waals surface area contributed by atoms with Crippen molar-refractivity contribution in [1.29, 1.82) is 0 Å². The van der Waals surface area contributed by atoms with Crippen molar-refractivity contribution in [3.63, 3.8) is 0 Å². The van der Waals surface area contributed by atoms with Crippen LogP contribution in [-0.4, -0.2) is 48.4 Å². The molecular formula is C12H23NO3S.